The Bertz CT molecular complexity index is 513. The lowest BCUT2D eigenvalue weighted by atomic mass is 10.2. The minimum atomic E-state index is -0.763. The van der Waals surface area contributed by atoms with Crippen molar-refractivity contribution >= 4 is 23.5 Å². The standard InChI is InChI=1S/C15H20N2O5/c1-3-22-15(20)11-5-7-12(8-6-11)17-14(19)13(18)16-9-4-10-21-2/h5-8H,3-4,9-10H2,1-2H3,(H,16,18)(H,17,19). The fourth-order valence-electron chi connectivity index (χ4n) is 1.59. The van der Waals surface area contributed by atoms with E-state index in [4.69, 9.17) is 9.47 Å². The highest BCUT2D eigenvalue weighted by Gasteiger charge is 2.13. The summed E-state index contributed by atoms with van der Waals surface area (Å²) in [7, 11) is 1.56. The summed E-state index contributed by atoms with van der Waals surface area (Å²) in [4.78, 5) is 34.7. The number of carbonyl (C=O) groups excluding carboxylic acids is 3. The Hall–Kier alpha value is -2.41. The van der Waals surface area contributed by atoms with Gasteiger partial charge in [-0.3, -0.25) is 9.59 Å². The van der Waals surface area contributed by atoms with Crippen molar-refractivity contribution in [2.24, 2.45) is 0 Å². The molecule has 2 N–H and O–H groups in total. The first-order chi connectivity index (χ1) is 10.6. The zero-order valence-electron chi connectivity index (χ0n) is 12.7. The van der Waals surface area contributed by atoms with E-state index < -0.39 is 17.8 Å². The van der Waals surface area contributed by atoms with Gasteiger partial charge in [0.2, 0.25) is 0 Å². The monoisotopic (exact) mass is 308 g/mol. The van der Waals surface area contributed by atoms with Gasteiger partial charge in [0.15, 0.2) is 0 Å². The average Bonchev–Trinajstić information content (AvgIpc) is 2.52. The fraction of sp³-hybridized carbons (Fsp3) is 0.400. The van der Waals surface area contributed by atoms with E-state index in [0.29, 0.717) is 37.4 Å². The number of ether oxygens (including phenoxy) is 2. The summed E-state index contributed by atoms with van der Waals surface area (Å²) in [5, 5.41) is 4.93. The highest BCUT2D eigenvalue weighted by molar-refractivity contribution is 6.39. The van der Waals surface area contributed by atoms with Crippen LogP contribution in [0.25, 0.3) is 0 Å². The smallest absolute Gasteiger partial charge is 0.338 e. The zero-order valence-corrected chi connectivity index (χ0v) is 12.7. The second-order valence-corrected chi connectivity index (χ2v) is 4.35. The maximum Gasteiger partial charge on any atom is 0.338 e. The van der Waals surface area contributed by atoms with E-state index >= 15 is 0 Å². The molecule has 2 amide bonds. The van der Waals surface area contributed by atoms with Crippen LogP contribution in [-0.4, -0.2) is 44.7 Å². The molecule has 1 rings (SSSR count). The Morgan fingerprint density at radius 3 is 2.36 bits per heavy atom. The fourth-order valence-corrected chi connectivity index (χ4v) is 1.59. The third kappa shape index (κ3) is 5.92. The number of amides is 2. The van der Waals surface area contributed by atoms with E-state index in [1.54, 1.807) is 14.0 Å². The Morgan fingerprint density at radius 1 is 1.09 bits per heavy atom. The van der Waals surface area contributed by atoms with Crippen LogP contribution in [0.1, 0.15) is 23.7 Å². The number of nitrogens with one attached hydrogen (secondary N) is 2. The van der Waals surface area contributed by atoms with Crippen molar-refractivity contribution in [3.8, 4) is 0 Å². The topological polar surface area (TPSA) is 93.7 Å². The minimum Gasteiger partial charge on any atom is -0.462 e. The first-order valence-electron chi connectivity index (χ1n) is 6.93. The molecule has 120 valence electrons. The number of esters is 1. The quantitative estimate of drug-likeness (QED) is 0.444. The summed E-state index contributed by atoms with van der Waals surface area (Å²) in [6.07, 6.45) is 0.629. The van der Waals surface area contributed by atoms with Gasteiger partial charge in [0.1, 0.15) is 0 Å². The maximum atomic E-state index is 11.7. The van der Waals surface area contributed by atoms with Crippen LogP contribution in [0.15, 0.2) is 24.3 Å². The van der Waals surface area contributed by atoms with Crippen LogP contribution in [0.5, 0.6) is 0 Å². The predicted octanol–water partition coefficient (Wildman–Crippen LogP) is 0.954. The number of anilines is 1. The first kappa shape index (κ1) is 17.6. The molecule has 0 unspecified atom stereocenters. The van der Waals surface area contributed by atoms with Gasteiger partial charge in [0.25, 0.3) is 0 Å². The third-order valence-electron chi connectivity index (χ3n) is 2.67. The van der Waals surface area contributed by atoms with E-state index in [1.165, 1.54) is 24.3 Å². The van der Waals surface area contributed by atoms with Crippen molar-refractivity contribution in [2.45, 2.75) is 13.3 Å². The molecule has 7 heteroatoms. The number of hydrogen-bond acceptors (Lipinski definition) is 5. The van der Waals surface area contributed by atoms with E-state index in [0.717, 1.165) is 0 Å². The second-order valence-electron chi connectivity index (χ2n) is 4.35. The Kier molecular flexibility index (Phi) is 7.63. The summed E-state index contributed by atoms with van der Waals surface area (Å²) < 4.78 is 9.69. The summed E-state index contributed by atoms with van der Waals surface area (Å²) >= 11 is 0. The van der Waals surface area contributed by atoms with Crippen LogP contribution in [0.3, 0.4) is 0 Å². The molecular weight excluding hydrogens is 288 g/mol. The Labute approximate surface area is 129 Å². The molecule has 0 aliphatic heterocycles. The normalized spacial score (nSPS) is 9.91. The lowest BCUT2D eigenvalue weighted by Crippen LogP contribution is -2.36. The number of methoxy groups -OCH3 is 1. The molecule has 0 radical (unpaired) electrons. The molecule has 0 heterocycles. The van der Waals surface area contributed by atoms with Gasteiger partial charge >= 0.3 is 17.8 Å². The van der Waals surface area contributed by atoms with E-state index in [1.807, 2.05) is 0 Å². The second kappa shape index (κ2) is 9.51. The van der Waals surface area contributed by atoms with Crippen LogP contribution in [-0.2, 0) is 19.1 Å². The van der Waals surface area contributed by atoms with Gasteiger partial charge in [-0.15, -0.1) is 0 Å². The molecule has 0 atom stereocenters. The largest absolute Gasteiger partial charge is 0.462 e. The molecule has 0 spiro atoms. The predicted molar refractivity (Wildman–Crippen MR) is 80.5 cm³/mol. The SMILES string of the molecule is CCOC(=O)c1ccc(NC(=O)C(=O)NCCCOC)cc1. The number of benzene rings is 1. The molecule has 0 aliphatic rings. The van der Waals surface area contributed by atoms with Crippen LogP contribution >= 0.6 is 0 Å². The molecule has 0 aromatic heterocycles. The lowest BCUT2D eigenvalue weighted by molar-refractivity contribution is -0.136. The average molecular weight is 308 g/mol. The summed E-state index contributed by atoms with van der Waals surface area (Å²) in [5.74, 6) is -1.91. The highest BCUT2D eigenvalue weighted by Crippen LogP contribution is 2.10. The van der Waals surface area contributed by atoms with Gasteiger partial charge in [-0.05, 0) is 37.6 Å². The number of hydrogen-bond donors (Lipinski definition) is 2. The first-order valence-corrected chi connectivity index (χ1v) is 6.93. The van der Waals surface area contributed by atoms with Gasteiger partial charge < -0.3 is 20.1 Å². The van der Waals surface area contributed by atoms with Gasteiger partial charge in [0, 0.05) is 25.9 Å². The molecule has 1 aromatic carbocycles. The van der Waals surface area contributed by atoms with Gasteiger partial charge in [-0.25, -0.2) is 4.79 Å². The molecule has 0 bridgehead atoms. The molecule has 7 nitrogen and oxygen atoms in total. The van der Waals surface area contributed by atoms with E-state index in [2.05, 4.69) is 10.6 Å². The maximum absolute atomic E-state index is 11.7. The van der Waals surface area contributed by atoms with Crippen molar-refractivity contribution in [1.29, 1.82) is 0 Å². The third-order valence-corrected chi connectivity index (χ3v) is 2.67. The Balaban J connectivity index is 2.47. The van der Waals surface area contributed by atoms with E-state index in [9.17, 15) is 14.4 Å². The van der Waals surface area contributed by atoms with Crippen LogP contribution < -0.4 is 10.6 Å². The number of rotatable bonds is 7. The molecule has 0 saturated heterocycles. The summed E-state index contributed by atoms with van der Waals surface area (Å²) in [5.41, 5.74) is 0.800. The Morgan fingerprint density at radius 2 is 1.77 bits per heavy atom. The van der Waals surface area contributed by atoms with E-state index in [-0.39, 0.29) is 0 Å². The summed E-state index contributed by atoms with van der Waals surface area (Å²) in [6.45, 7) is 2.89. The van der Waals surface area contributed by atoms with Crippen LogP contribution in [0.2, 0.25) is 0 Å². The molecule has 22 heavy (non-hydrogen) atoms. The van der Waals surface area contributed by atoms with Crippen molar-refractivity contribution in [3.63, 3.8) is 0 Å². The van der Waals surface area contributed by atoms with Gasteiger partial charge in [-0.1, -0.05) is 0 Å². The number of carbonyl (C=O) groups is 3. The van der Waals surface area contributed by atoms with Crippen LogP contribution in [0.4, 0.5) is 5.69 Å². The van der Waals surface area contributed by atoms with Crippen molar-refractivity contribution < 1.29 is 23.9 Å². The minimum absolute atomic E-state index is 0.292. The lowest BCUT2D eigenvalue weighted by Gasteiger charge is -2.07. The molecule has 0 fully saturated rings. The molecule has 1 aromatic rings. The van der Waals surface area contributed by atoms with Crippen molar-refractivity contribution in [1.82, 2.24) is 5.32 Å². The van der Waals surface area contributed by atoms with Crippen LogP contribution in [0, 0.1) is 0 Å². The highest BCUT2D eigenvalue weighted by atomic mass is 16.5. The molecule has 0 aliphatic carbocycles. The molecular formula is C15H20N2O5. The van der Waals surface area contributed by atoms with Gasteiger partial charge in [-0.2, -0.15) is 0 Å². The van der Waals surface area contributed by atoms with Crippen molar-refractivity contribution in [2.75, 3.05) is 32.2 Å². The zero-order chi connectivity index (χ0) is 16.4. The molecule has 0 saturated carbocycles. The van der Waals surface area contributed by atoms with Gasteiger partial charge in [0.05, 0.1) is 12.2 Å². The van der Waals surface area contributed by atoms with Crippen molar-refractivity contribution in [3.05, 3.63) is 29.8 Å². The summed E-state index contributed by atoms with van der Waals surface area (Å²) in [6, 6.07) is 6.10.